The van der Waals surface area contributed by atoms with E-state index in [1.807, 2.05) is 26.1 Å². The molecule has 0 fully saturated rings. The Labute approximate surface area is 180 Å². The zero-order chi connectivity index (χ0) is 22.1. The summed E-state index contributed by atoms with van der Waals surface area (Å²) in [6, 6.07) is 3.64. The van der Waals surface area contributed by atoms with E-state index in [1.54, 1.807) is 6.20 Å². The second-order valence-corrected chi connectivity index (χ2v) is 7.41. The van der Waals surface area contributed by atoms with Crippen molar-refractivity contribution in [2.75, 3.05) is 11.9 Å². The largest absolute Gasteiger partial charge is 0.338 e. The second-order valence-electron chi connectivity index (χ2n) is 7.41. The monoisotopic (exact) mass is 406 g/mol. The number of nitrogens with zero attached hydrogens (tertiary/aromatic N) is 2. The molecule has 2 amide bonds. The summed E-state index contributed by atoms with van der Waals surface area (Å²) in [5.41, 5.74) is 6.12. The van der Waals surface area contributed by atoms with Gasteiger partial charge in [-0.2, -0.15) is 0 Å². The lowest BCUT2D eigenvalue weighted by Crippen LogP contribution is -2.28. The second kappa shape index (κ2) is 11.3. The van der Waals surface area contributed by atoms with Crippen LogP contribution in [-0.4, -0.2) is 22.5 Å². The standard InChI is InChI=1S/C25H34N4O/c1-7-11-19(17(5)8-2)12-18(6)22(9-3)23-13-20-16-28-24(14-21(20)15-27-23)29-25(30)26-10-4/h9,12-16H,7-8,10-11H2,1-6H3,(H2,26,28,29,30)/b18-12-,19-17+,22-9+. The van der Waals surface area contributed by atoms with Crippen molar-refractivity contribution in [3.63, 3.8) is 0 Å². The highest BCUT2D eigenvalue weighted by Gasteiger charge is 2.09. The van der Waals surface area contributed by atoms with Crippen molar-refractivity contribution < 1.29 is 4.79 Å². The Hall–Kier alpha value is -2.95. The molecule has 2 N–H and O–H groups in total. The zero-order valence-electron chi connectivity index (χ0n) is 19.1. The zero-order valence-corrected chi connectivity index (χ0v) is 19.1. The van der Waals surface area contributed by atoms with Crippen LogP contribution in [0.2, 0.25) is 0 Å². The summed E-state index contributed by atoms with van der Waals surface area (Å²) in [7, 11) is 0. The van der Waals surface area contributed by atoms with Crippen molar-refractivity contribution in [3.8, 4) is 0 Å². The average molecular weight is 407 g/mol. The number of pyridine rings is 2. The lowest BCUT2D eigenvalue weighted by Gasteiger charge is -2.12. The molecule has 2 aromatic heterocycles. The molecule has 0 aliphatic carbocycles. The molecule has 0 radical (unpaired) electrons. The number of hydrogen-bond donors (Lipinski definition) is 2. The normalized spacial score (nSPS) is 13.3. The van der Waals surface area contributed by atoms with Gasteiger partial charge in [0.2, 0.25) is 0 Å². The first kappa shape index (κ1) is 23.3. The number of fused-ring (bicyclic) bond motifs is 1. The molecule has 0 saturated heterocycles. The Morgan fingerprint density at radius 2 is 1.77 bits per heavy atom. The van der Waals surface area contributed by atoms with Gasteiger partial charge in [-0.25, -0.2) is 9.78 Å². The number of anilines is 1. The van der Waals surface area contributed by atoms with Crippen LogP contribution in [0.4, 0.5) is 10.6 Å². The smallest absolute Gasteiger partial charge is 0.320 e. The number of nitrogens with one attached hydrogen (secondary N) is 2. The minimum atomic E-state index is -0.260. The number of rotatable bonds is 8. The third kappa shape index (κ3) is 6.02. The fourth-order valence-electron chi connectivity index (χ4n) is 3.40. The van der Waals surface area contributed by atoms with E-state index in [0.29, 0.717) is 12.4 Å². The summed E-state index contributed by atoms with van der Waals surface area (Å²) in [6.45, 7) is 13.3. The van der Waals surface area contributed by atoms with Gasteiger partial charge in [0.1, 0.15) is 5.82 Å². The SMILES string of the molecule is C\C=C(/C(C)=C\C(CCC)=C(/C)CC)c1cc2cnc(NC(=O)NCC)cc2cn1. The van der Waals surface area contributed by atoms with Crippen molar-refractivity contribution in [1.29, 1.82) is 0 Å². The molecule has 0 spiro atoms. The third-order valence-electron chi connectivity index (χ3n) is 5.16. The number of allylic oxidation sites excluding steroid dienone is 6. The Morgan fingerprint density at radius 3 is 2.40 bits per heavy atom. The molecule has 2 rings (SSSR count). The third-order valence-corrected chi connectivity index (χ3v) is 5.16. The molecule has 0 bridgehead atoms. The molecule has 2 aromatic rings. The van der Waals surface area contributed by atoms with E-state index in [4.69, 9.17) is 4.98 Å². The molecule has 2 heterocycles. The summed E-state index contributed by atoms with van der Waals surface area (Å²) in [6.07, 6.45) is 11.3. The molecule has 0 aliphatic heterocycles. The van der Waals surface area contributed by atoms with E-state index in [1.165, 1.54) is 16.7 Å². The maximum atomic E-state index is 11.7. The van der Waals surface area contributed by atoms with Gasteiger partial charge in [0, 0.05) is 29.7 Å². The lowest BCUT2D eigenvalue weighted by molar-refractivity contribution is 0.252. The Bertz CT molecular complexity index is 986. The number of hydrogen-bond acceptors (Lipinski definition) is 3. The summed E-state index contributed by atoms with van der Waals surface area (Å²) in [4.78, 5) is 20.8. The van der Waals surface area contributed by atoms with Gasteiger partial charge >= 0.3 is 6.03 Å². The van der Waals surface area contributed by atoms with E-state index >= 15 is 0 Å². The van der Waals surface area contributed by atoms with Crippen LogP contribution in [0.25, 0.3) is 16.3 Å². The van der Waals surface area contributed by atoms with Crippen LogP contribution in [0.1, 0.15) is 66.5 Å². The Kier molecular flexibility index (Phi) is 8.78. The van der Waals surface area contributed by atoms with Crippen molar-refractivity contribution in [3.05, 3.63) is 59.1 Å². The molecule has 0 atom stereocenters. The molecule has 5 nitrogen and oxygen atoms in total. The van der Waals surface area contributed by atoms with E-state index in [-0.39, 0.29) is 6.03 Å². The average Bonchev–Trinajstić information content (AvgIpc) is 2.73. The number of carbonyl (C=O) groups is 1. The van der Waals surface area contributed by atoms with Gasteiger partial charge in [-0.15, -0.1) is 0 Å². The van der Waals surface area contributed by atoms with Crippen LogP contribution in [-0.2, 0) is 0 Å². The molecule has 0 unspecified atom stereocenters. The topological polar surface area (TPSA) is 66.9 Å². The molecular formula is C25H34N4O. The van der Waals surface area contributed by atoms with Crippen LogP contribution < -0.4 is 10.6 Å². The molecule has 160 valence electrons. The van der Waals surface area contributed by atoms with E-state index in [0.717, 1.165) is 41.3 Å². The minimum absolute atomic E-state index is 0.260. The first-order valence-electron chi connectivity index (χ1n) is 10.8. The minimum Gasteiger partial charge on any atom is -0.338 e. The number of carbonyl (C=O) groups excluding carboxylic acids is 1. The van der Waals surface area contributed by atoms with Crippen LogP contribution in [0.3, 0.4) is 0 Å². The highest BCUT2D eigenvalue weighted by atomic mass is 16.2. The lowest BCUT2D eigenvalue weighted by atomic mass is 9.95. The van der Waals surface area contributed by atoms with Gasteiger partial charge in [0.05, 0.1) is 5.69 Å². The maximum Gasteiger partial charge on any atom is 0.320 e. The van der Waals surface area contributed by atoms with Gasteiger partial charge in [-0.3, -0.25) is 10.3 Å². The van der Waals surface area contributed by atoms with Crippen LogP contribution in [0, 0.1) is 0 Å². The van der Waals surface area contributed by atoms with E-state index < -0.39 is 0 Å². The number of aromatic nitrogens is 2. The van der Waals surface area contributed by atoms with E-state index in [2.05, 4.69) is 61.5 Å². The van der Waals surface area contributed by atoms with Gasteiger partial charge in [-0.05, 0) is 69.4 Å². The molecule has 0 aromatic carbocycles. The summed E-state index contributed by atoms with van der Waals surface area (Å²) in [5.74, 6) is 0.509. The van der Waals surface area contributed by atoms with Crippen LogP contribution >= 0.6 is 0 Å². The number of urea groups is 1. The molecular weight excluding hydrogens is 372 g/mol. The highest BCUT2D eigenvalue weighted by molar-refractivity contribution is 5.92. The summed E-state index contributed by atoms with van der Waals surface area (Å²) >= 11 is 0. The summed E-state index contributed by atoms with van der Waals surface area (Å²) < 4.78 is 0. The van der Waals surface area contributed by atoms with Gasteiger partial charge in [-0.1, -0.05) is 38.0 Å². The van der Waals surface area contributed by atoms with Crippen molar-refractivity contribution in [2.45, 2.75) is 60.8 Å². The first-order valence-corrected chi connectivity index (χ1v) is 10.8. The van der Waals surface area contributed by atoms with Crippen molar-refractivity contribution in [1.82, 2.24) is 15.3 Å². The Balaban J connectivity index is 2.35. The predicted molar refractivity (Wildman–Crippen MR) is 128 cm³/mol. The number of amides is 2. The van der Waals surface area contributed by atoms with Crippen molar-refractivity contribution >= 4 is 28.2 Å². The summed E-state index contributed by atoms with van der Waals surface area (Å²) in [5, 5.41) is 7.36. The first-order chi connectivity index (χ1) is 14.4. The molecule has 0 aliphatic rings. The quantitative estimate of drug-likeness (QED) is 0.482. The van der Waals surface area contributed by atoms with E-state index in [9.17, 15) is 4.79 Å². The maximum absolute atomic E-state index is 11.7. The van der Waals surface area contributed by atoms with Gasteiger partial charge < -0.3 is 5.32 Å². The molecule has 5 heteroatoms. The Morgan fingerprint density at radius 1 is 1.07 bits per heavy atom. The highest BCUT2D eigenvalue weighted by Crippen LogP contribution is 2.27. The van der Waals surface area contributed by atoms with Crippen LogP contribution in [0.15, 0.2) is 53.4 Å². The fourth-order valence-corrected chi connectivity index (χ4v) is 3.40. The molecule has 0 saturated carbocycles. The van der Waals surface area contributed by atoms with Crippen molar-refractivity contribution in [2.24, 2.45) is 0 Å². The fraction of sp³-hybridized carbons (Fsp3) is 0.400. The van der Waals surface area contributed by atoms with Gasteiger partial charge in [0.15, 0.2) is 0 Å². The molecule has 30 heavy (non-hydrogen) atoms. The van der Waals surface area contributed by atoms with Crippen LogP contribution in [0.5, 0.6) is 0 Å². The predicted octanol–water partition coefficient (Wildman–Crippen LogP) is 6.65. The van der Waals surface area contributed by atoms with Gasteiger partial charge in [0.25, 0.3) is 0 Å².